The average Bonchev–Trinajstić information content (AvgIpc) is 3.41. The molecular formula is C27H25FN6O3. The number of nitrogens with one attached hydrogen (secondary N) is 1. The van der Waals surface area contributed by atoms with E-state index < -0.39 is 5.92 Å². The van der Waals surface area contributed by atoms with Crippen LogP contribution in [0.2, 0.25) is 0 Å². The van der Waals surface area contributed by atoms with Gasteiger partial charge in [-0.25, -0.2) is 9.07 Å². The van der Waals surface area contributed by atoms with Crippen LogP contribution in [0.5, 0.6) is 11.6 Å². The van der Waals surface area contributed by atoms with Crippen molar-refractivity contribution in [2.45, 2.75) is 27.2 Å². The first kappa shape index (κ1) is 24.1. The highest BCUT2D eigenvalue weighted by Gasteiger charge is 2.35. The Morgan fingerprint density at radius 2 is 1.73 bits per heavy atom. The van der Waals surface area contributed by atoms with Gasteiger partial charge in [0.2, 0.25) is 17.7 Å². The zero-order valence-corrected chi connectivity index (χ0v) is 20.6. The molecule has 37 heavy (non-hydrogen) atoms. The van der Waals surface area contributed by atoms with Gasteiger partial charge in [0.1, 0.15) is 11.6 Å². The molecule has 9 nitrogen and oxygen atoms in total. The van der Waals surface area contributed by atoms with Gasteiger partial charge in [-0.05, 0) is 80.9 Å². The first-order valence-corrected chi connectivity index (χ1v) is 11.8. The summed E-state index contributed by atoms with van der Waals surface area (Å²) in [7, 11) is 0. The van der Waals surface area contributed by atoms with Gasteiger partial charge in [0.05, 0.1) is 11.6 Å². The van der Waals surface area contributed by atoms with E-state index in [0.29, 0.717) is 28.8 Å². The molecule has 188 valence electrons. The highest BCUT2D eigenvalue weighted by molar-refractivity contribution is 6.03. The van der Waals surface area contributed by atoms with E-state index >= 15 is 0 Å². The van der Waals surface area contributed by atoms with E-state index in [1.165, 1.54) is 29.2 Å². The third kappa shape index (κ3) is 5.04. The van der Waals surface area contributed by atoms with Crippen LogP contribution in [-0.4, -0.2) is 38.3 Å². The normalized spacial score (nSPS) is 15.2. The van der Waals surface area contributed by atoms with Crippen molar-refractivity contribution in [3.05, 3.63) is 83.4 Å². The molecule has 1 aliphatic rings. The van der Waals surface area contributed by atoms with E-state index in [9.17, 15) is 14.0 Å². The van der Waals surface area contributed by atoms with Crippen molar-refractivity contribution < 1.29 is 18.7 Å². The maximum atomic E-state index is 13.2. The topological polar surface area (TPSA) is 102 Å². The zero-order valence-electron chi connectivity index (χ0n) is 20.6. The molecule has 0 spiro atoms. The summed E-state index contributed by atoms with van der Waals surface area (Å²) in [5, 5.41) is 15.7. The molecule has 0 radical (unpaired) electrons. The largest absolute Gasteiger partial charge is 0.438 e. The molecule has 10 heteroatoms. The van der Waals surface area contributed by atoms with E-state index in [2.05, 4.69) is 20.6 Å². The number of rotatable bonds is 6. The lowest BCUT2D eigenvalue weighted by molar-refractivity contribution is -0.122. The highest BCUT2D eigenvalue weighted by Crippen LogP contribution is 2.27. The summed E-state index contributed by atoms with van der Waals surface area (Å²) in [5.41, 5.74) is 4.20. The zero-order chi connectivity index (χ0) is 26.1. The molecule has 2 aromatic heterocycles. The van der Waals surface area contributed by atoms with Crippen LogP contribution in [0.1, 0.15) is 23.4 Å². The second kappa shape index (κ2) is 9.81. The van der Waals surface area contributed by atoms with E-state index in [0.717, 1.165) is 17.0 Å². The number of hydrogen-bond acceptors (Lipinski definition) is 6. The SMILES string of the molecule is Cc1nn(-c2ccc(Oc3ccc(NC(=O)C4CC(=O)N(c5ccc(F)cc5)C4)cc3)nn2)c(C)c1C. The number of hydrogen-bond donors (Lipinski definition) is 1. The van der Waals surface area contributed by atoms with Gasteiger partial charge in [0, 0.05) is 36.1 Å². The fraction of sp³-hybridized carbons (Fsp3) is 0.222. The van der Waals surface area contributed by atoms with Crippen molar-refractivity contribution in [2.24, 2.45) is 5.92 Å². The molecule has 1 fully saturated rings. The Morgan fingerprint density at radius 3 is 2.35 bits per heavy atom. The van der Waals surface area contributed by atoms with Crippen molar-refractivity contribution in [3.63, 3.8) is 0 Å². The third-order valence-corrected chi connectivity index (χ3v) is 6.47. The van der Waals surface area contributed by atoms with Crippen LogP contribution in [0.15, 0.2) is 60.7 Å². The molecule has 3 heterocycles. The van der Waals surface area contributed by atoms with Crippen LogP contribution in [0.3, 0.4) is 0 Å². The van der Waals surface area contributed by atoms with Gasteiger partial charge in [-0.1, -0.05) is 0 Å². The maximum Gasteiger partial charge on any atom is 0.238 e. The monoisotopic (exact) mass is 500 g/mol. The second-order valence-corrected chi connectivity index (χ2v) is 8.93. The number of benzene rings is 2. The minimum atomic E-state index is -0.506. The quantitative estimate of drug-likeness (QED) is 0.418. The smallest absolute Gasteiger partial charge is 0.238 e. The number of amides is 2. The van der Waals surface area contributed by atoms with Crippen LogP contribution in [0.25, 0.3) is 5.82 Å². The van der Waals surface area contributed by atoms with Crippen LogP contribution in [0, 0.1) is 32.5 Å². The Bertz CT molecular complexity index is 1450. The van der Waals surface area contributed by atoms with Gasteiger partial charge in [0.25, 0.3) is 0 Å². The Labute approximate surface area is 212 Å². The molecule has 1 atom stereocenters. The minimum absolute atomic E-state index is 0.0935. The Kier molecular flexibility index (Phi) is 6.39. The molecule has 2 aromatic carbocycles. The predicted molar refractivity (Wildman–Crippen MR) is 135 cm³/mol. The molecule has 1 aliphatic heterocycles. The number of anilines is 2. The average molecular weight is 501 g/mol. The lowest BCUT2D eigenvalue weighted by atomic mass is 10.1. The van der Waals surface area contributed by atoms with E-state index in [4.69, 9.17) is 4.74 Å². The Balaban J connectivity index is 1.18. The van der Waals surface area contributed by atoms with Crippen LogP contribution >= 0.6 is 0 Å². The molecular weight excluding hydrogens is 475 g/mol. The van der Waals surface area contributed by atoms with E-state index in [1.807, 2.05) is 20.8 Å². The number of ether oxygens (including phenoxy) is 1. The molecule has 1 saturated heterocycles. The van der Waals surface area contributed by atoms with Crippen molar-refractivity contribution in [2.75, 3.05) is 16.8 Å². The van der Waals surface area contributed by atoms with Gasteiger partial charge in [-0.3, -0.25) is 9.59 Å². The lowest BCUT2D eigenvalue weighted by Crippen LogP contribution is -2.28. The summed E-state index contributed by atoms with van der Waals surface area (Å²) in [5.74, 6) is 0.138. The molecule has 0 bridgehead atoms. The van der Waals surface area contributed by atoms with Crippen LogP contribution in [0.4, 0.5) is 15.8 Å². The standard InChI is InChI=1S/C27H25FN6O3/c1-16-17(2)32-34(18(16)3)24-12-13-25(31-30-24)37-23-10-6-21(7-11-23)29-27(36)19-14-26(35)33(15-19)22-8-4-20(28)5-9-22/h4-13,19H,14-15H2,1-3H3,(H,29,36). The fourth-order valence-corrected chi connectivity index (χ4v) is 4.15. The Hall–Kier alpha value is -4.60. The Morgan fingerprint density at radius 1 is 1.00 bits per heavy atom. The summed E-state index contributed by atoms with van der Waals surface area (Å²) >= 11 is 0. The molecule has 1 N–H and O–H groups in total. The van der Waals surface area contributed by atoms with E-state index in [1.54, 1.807) is 41.1 Å². The van der Waals surface area contributed by atoms with Crippen LogP contribution in [-0.2, 0) is 9.59 Å². The van der Waals surface area contributed by atoms with Gasteiger partial charge in [-0.15, -0.1) is 10.2 Å². The summed E-state index contributed by atoms with van der Waals surface area (Å²) in [6, 6.07) is 16.0. The summed E-state index contributed by atoms with van der Waals surface area (Å²) in [4.78, 5) is 26.7. The van der Waals surface area contributed by atoms with Gasteiger partial charge in [-0.2, -0.15) is 5.10 Å². The molecule has 4 aromatic rings. The summed E-state index contributed by atoms with van der Waals surface area (Å²) < 4.78 is 20.7. The number of carbonyl (C=O) groups is 2. The maximum absolute atomic E-state index is 13.2. The summed E-state index contributed by atoms with van der Waals surface area (Å²) in [6.07, 6.45) is 0.0935. The van der Waals surface area contributed by atoms with Gasteiger partial charge >= 0.3 is 0 Å². The van der Waals surface area contributed by atoms with Crippen molar-refractivity contribution >= 4 is 23.2 Å². The van der Waals surface area contributed by atoms with E-state index in [-0.39, 0.29) is 30.6 Å². The first-order valence-electron chi connectivity index (χ1n) is 11.8. The minimum Gasteiger partial charge on any atom is -0.438 e. The first-order chi connectivity index (χ1) is 17.8. The number of carbonyl (C=O) groups excluding carboxylic acids is 2. The second-order valence-electron chi connectivity index (χ2n) is 8.93. The predicted octanol–water partition coefficient (Wildman–Crippen LogP) is 4.51. The summed E-state index contributed by atoms with van der Waals surface area (Å²) in [6.45, 7) is 6.18. The lowest BCUT2D eigenvalue weighted by Gasteiger charge is -2.16. The molecule has 2 amide bonds. The van der Waals surface area contributed by atoms with Crippen LogP contribution < -0.4 is 15.0 Å². The molecule has 0 aliphatic carbocycles. The fourth-order valence-electron chi connectivity index (χ4n) is 4.15. The van der Waals surface area contributed by atoms with Gasteiger partial charge in [0.15, 0.2) is 5.82 Å². The third-order valence-electron chi connectivity index (χ3n) is 6.47. The van der Waals surface area contributed by atoms with Crippen molar-refractivity contribution in [3.8, 4) is 17.4 Å². The number of aromatic nitrogens is 4. The molecule has 0 saturated carbocycles. The van der Waals surface area contributed by atoms with Gasteiger partial charge < -0.3 is 15.0 Å². The number of halogens is 1. The highest BCUT2D eigenvalue weighted by atomic mass is 19.1. The number of nitrogens with zero attached hydrogens (tertiary/aromatic N) is 5. The van der Waals surface area contributed by atoms with Crippen molar-refractivity contribution in [1.29, 1.82) is 0 Å². The molecule has 5 rings (SSSR count). The molecule has 1 unspecified atom stereocenters. The van der Waals surface area contributed by atoms with Crippen molar-refractivity contribution in [1.82, 2.24) is 20.0 Å². The number of aryl methyl sites for hydroxylation is 1.